The second-order valence-electron chi connectivity index (χ2n) is 15.2. The van der Waals surface area contributed by atoms with E-state index in [1.165, 1.54) is 20.8 Å². The summed E-state index contributed by atoms with van der Waals surface area (Å²) in [5, 5.41) is 2.63. The van der Waals surface area contributed by atoms with Gasteiger partial charge in [-0.25, -0.2) is 9.59 Å². The zero-order chi connectivity index (χ0) is 41.0. The van der Waals surface area contributed by atoms with Crippen LogP contribution in [0.1, 0.15) is 55.2 Å². The lowest BCUT2D eigenvalue weighted by Crippen LogP contribution is -2.53. The molecule has 4 aliphatic heterocycles. The van der Waals surface area contributed by atoms with Crippen molar-refractivity contribution in [2.24, 2.45) is 0 Å². The Morgan fingerprint density at radius 2 is 1.61 bits per heavy atom. The van der Waals surface area contributed by atoms with Gasteiger partial charge in [-0.2, -0.15) is 13.2 Å². The molecular formula is C39H49ClF3N7O7. The summed E-state index contributed by atoms with van der Waals surface area (Å²) < 4.78 is 52.9. The van der Waals surface area contributed by atoms with E-state index in [0.717, 1.165) is 23.7 Å². The third kappa shape index (κ3) is 9.86. The second-order valence-corrected chi connectivity index (χ2v) is 15.6. The summed E-state index contributed by atoms with van der Waals surface area (Å²) in [4.78, 5) is 74.0. The van der Waals surface area contributed by atoms with Crippen LogP contribution in [-0.2, 0) is 42.9 Å². The van der Waals surface area contributed by atoms with Crippen LogP contribution < -0.4 is 11.1 Å². The maximum Gasteiger partial charge on any atom is 0.418 e. The average Bonchev–Trinajstić information content (AvgIpc) is 3.61. The first-order valence-electron chi connectivity index (χ1n) is 19.3. The third-order valence-corrected chi connectivity index (χ3v) is 11.7. The Kier molecular flexibility index (Phi) is 13.1. The largest absolute Gasteiger partial charge is 0.454 e. The Balaban J connectivity index is 1.11. The molecule has 4 aliphatic rings. The van der Waals surface area contributed by atoms with E-state index in [0.29, 0.717) is 51.6 Å². The fourth-order valence-corrected chi connectivity index (χ4v) is 8.42. The number of alkyl halides is 3. The minimum absolute atomic E-state index is 0.0145. The van der Waals surface area contributed by atoms with E-state index in [1.807, 2.05) is 24.3 Å². The molecule has 14 nitrogen and oxygen atoms in total. The Morgan fingerprint density at radius 1 is 0.947 bits per heavy atom. The van der Waals surface area contributed by atoms with Gasteiger partial charge in [0.25, 0.3) is 11.8 Å². The minimum Gasteiger partial charge on any atom is -0.454 e. The van der Waals surface area contributed by atoms with Crippen molar-refractivity contribution in [1.29, 1.82) is 0 Å². The fourth-order valence-electron chi connectivity index (χ4n) is 8.17. The lowest BCUT2D eigenvalue weighted by Gasteiger charge is -2.40. The summed E-state index contributed by atoms with van der Waals surface area (Å²) in [6.07, 6.45) is -3.56. The van der Waals surface area contributed by atoms with Crippen molar-refractivity contribution in [3.8, 4) is 0 Å². The van der Waals surface area contributed by atoms with Gasteiger partial charge in [-0.1, -0.05) is 29.8 Å². The molecule has 2 atom stereocenters. The van der Waals surface area contributed by atoms with E-state index in [4.69, 9.17) is 26.8 Å². The number of nitrogens with two attached hydrogens (primary N) is 1. The predicted octanol–water partition coefficient (Wildman–Crippen LogP) is 4.63. The number of nitrogens with zero attached hydrogens (tertiary/aromatic N) is 5. The van der Waals surface area contributed by atoms with Crippen LogP contribution in [0.15, 0.2) is 36.4 Å². The third-order valence-electron chi connectivity index (χ3n) is 11.4. The van der Waals surface area contributed by atoms with Crippen molar-refractivity contribution >= 4 is 52.9 Å². The Bertz CT molecular complexity index is 1830. The normalized spacial score (nSPS) is 20.4. The summed E-state index contributed by atoms with van der Waals surface area (Å²) in [5.41, 5.74) is 5.68. The average molecular weight is 820 g/mol. The lowest BCUT2D eigenvalue weighted by molar-refractivity contribution is -0.156. The molecule has 310 valence electrons. The topological polar surface area (TPSA) is 158 Å². The van der Waals surface area contributed by atoms with Gasteiger partial charge in [-0.3, -0.25) is 19.3 Å². The maximum atomic E-state index is 14.2. The van der Waals surface area contributed by atoms with Gasteiger partial charge in [-0.05, 0) is 80.8 Å². The Labute approximate surface area is 334 Å². The molecule has 2 aromatic rings. The summed E-state index contributed by atoms with van der Waals surface area (Å²) in [7, 11) is 3.15. The summed E-state index contributed by atoms with van der Waals surface area (Å²) in [6.45, 7) is 1.77. The van der Waals surface area contributed by atoms with E-state index in [2.05, 4.69) is 10.2 Å². The molecule has 57 heavy (non-hydrogen) atoms. The number of likely N-dealkylation sites (tertiary alicyclic amines) is 3. The van der Waals surface area contributed by atoms with Gasteiger partial charge in [0.15, 0.2) is 12.7 Å². The highest BCUT2D eigenvalue weighted by Gasteiger charge is 2.41. The van der Waals surface area contributed by atoms with E-state index >= 15 is 0 Å². The number of halogens is 4. The number of amides is 5. The Hall–Kier alpha value is -4.77. The molecular weight excluding hydrogens is 771 g/mol. The number of piperidine rings is 2. The zero-order valence-electron chi connectivity index (χ0n) is 32.1. The molecule has 3 saturated heterocycles. The highest BCUT2D eigenvalue weighted by molar-refractivity contribution is 6.33. The second kappa shape index (κ2) is 17.8. The van der Waals surface area contributed by atoms with Crippen molar-refractivity contribution < 1.29 is 46.6 Å². The van der Waals surface area contributed by atoms with Gasteiger partial charge in [0.1, 0.15) is 6.04 Å². The molecule has 0 saturated carbocycles. The molecule has 2 unspecified atom stereocenters. The van der Waals surface area contributed by atoms with Gasteiger partial charge < -0.3 is 40.1 Å². The van der Waals surface area contributed by atoms with E-state index in [1.54, 1.807) is 19.0 Å². The van der Waals surface area contributed by atoms with Crippen LogP contribution in [0.25, 0.3) is 0 Å². The first kappa shape index (κ1) is 41.9. The number of anilines is 2. The number of ether oxygens (including phenoxy) is 2. The van der Waals surface area contributed by atoms with Crippen LogP contribution in [0, 0.1) is 0 Å². The molecule has 0 radical (unpaired) electrons. The molecule has 3 N–H and O–H groups in total. The van der Waals surface area contributed by atoms with Crippen molar-refractivity contribution in [2.75, 3.05) is 71.0 Å². The molecule has 0 bridgehead atoms. The van der Waals surface area contributed by atoms with Crippen molar-refractivity contribution in [2.45, 2.75) is 81.8 Å². The van der Waals surface area contributed by atoms with Crippen molar-refractivity contribution in [3.63, 3.8) is 0 Å². The van der Waals surface area contributed by atoms with Crippen LogP contribution >= 0.6 is 11.6 Å². The first-order chi connectivity index (χ1) is 27.1. The van der Waals surface area contributed by atoms with Crippen LogP contribution in [0.5, 0.6) is 0 Å². The smallest absolute Gasteiger partial charge is 0.418 e. The molecule has 18 heteroatoms. The fraction of sp³-hybridized carbons (Fsp3) is 0.564. The van der Waals surface area contributed by atoms with E-state index in [-0.39, 0.29) is 73.8 Å². The highest BCUT2D eigenvalue weighted by atomic mass is 35.5. The van der Waals surface area contributed by atoms with Crippen LogP contribution in [-0.4, -0.2) is 139 Å². The van der Waals surface area contributed by atoms with Gasteiger partial charge >= 0.3 is 24.3 Å². The van der Waals surface area contributed by atoms with Crippen LogP contribution in [0.4, 0.5) is 34.1 Å². The number of likely N-dealkylation sites (N-methyl/N-ethyl adjacent to an activating group) is 1. The number of benzene rings is 2. The first-order valence-corrected chi connectivity index (χ1v) is 19.7. The number of fused-ring (bicyclic) bond motifs is 1. The number of hydrogen-bond donors (Lipinski definition) is 2. The molecule has 5 amide bonds. The highest BCUT2D eigenvalue weighted by Crippen LogP contribution is 2.38. The number of nitrogens with one attached hydrogen (secondary N) is 1. The van der Waals surface area contributed by atoms with Crippen molar-refractivity contribution in [3.05, 3.63) is 58.1 Å². The predicted molar refractivity (Wildman–Crippen MR) is 204 cm³/mol. The number of carbonyl (C=O) groups excluding carboxylic acids is 5. The molecule has 0 aromatic heterocycles. The number of para-hydroxylation sites is 1. The lowest BCUT2D eigenvalue weighted by atomic mass is 9.99. The van der Waals surface area contributed by atoms with Crippen LogP contribution in [0.3, 0.4) is 0 Å². The minimum atomic E-state index is -4.82. The van der Waals surface area contributed by atoms with Gasteiger partial charge in [0, 0.05) is 71.0 Å². The molecule has 4 heterocycles. The van der Waals surface area contributed by atoms with Gasteiger partial charge in [0.05, 0.1) is 16.3 Å². The quantitative estimate of drug-likeness (QED) is 0.272. The number of urea groups is 1. The summed E-state index contributed by atoms with van der Waals surface area (Å²) in [5.74, 6) is -1.37. The molecule has 0 aliphatic carbocycles. The van der Waals surface area contributed by atoms with E-state index < -0.39 is 47.5 Å². The monoisotopic (exact) mass is 819 g/mol. The molecule has 6 rings (SSSR count). The summed E-state index contributed by atoms with van der Waals surface area (Å²) in [6, 6.07) is 8.73. The Morgan fingerprint density at radius 3 is 2.30 bits per heavy atom. The van der Waals surface area contributed by atoms with E-state index in [9.17, 15) is 37.1 Å². The number of hydrogen-bond acceptors (Lipinski definition) is 9. The maximum absolute atomic E-state index is 14.2. The molecule has 0 spiro atoms. The SMILES string of the molecule is CN(C)C(=O)COC(=O)C1CCCN1C1CCN(C(=O)C(Cc2cc(Cl)c(N)c(C(F)(F)F)c2)OC(=O)N2CCC(N3CCc4ccccc4NC3=O)CC2)CC1. The van der Waals surface area contributed by atoms with Gasteiger partial charge in [0.2, 0.25) is 0 Å². The number of esters is 1. The standard InChI is InChI=1S/C39H49ClF3N7O7/c1-46(2)33(51)23-56-36(53)31-8-5-14-49(31)26-10-15-47(16-11-26)35(52)32(22-24-20-28(39(41,42)43)34(44)29(40)21-24)57-38(55)48-17-12-27(13-18-48)50-19-9-25-6-3-4-7-30(25)45-37(50)54/h3-4,6-7,20-21,26-27,31-32H,5,8-19,22-23,44H2,1-2H3,(H,45,54). The van der Waals surface area contributed by atoms with Crippen LogP contribution in [0.2, 0.25) is 5.02 Å². The van der Waals surface area contributed by atoms with Gasteiger partial charge in [-0.15, -0.1) is 0 Å². The molecule has 2 aromatic carbocycles. The zero-order valence-corrected chi connectivity index (χ0v) is 32.8. The molecule has 3 fully saturated rings. The summed E-state index contributed by atoms with van der Waals surface area (Å²) >= 11 is 6.12. The number of carbonyl (C=O) groups is 5. The number of nitrogen functional groups attached to an aromatic ring is 1. The number of rotatable bonds is 9. The van der Waals surface area contributed by atoms with Crippen molar-refractivity contribution in [1.82, 2.24) is 24.5 Å².